The van der Waals surface area contributed by atoms with Crippen molar-refractivity contribution in [3.63, 3.8) is 0 Å². The van der Waals surface area contributed by atoms with Crippen LogP contribution in [0.5, 0.6) is 11.5 Å². The first kappa shape index (κ1) is 22.7. The molecule has 0 unspecified atom stereocenters. The summed E-state index contributed by atoms with van der Waals surface area (Å²) in [5.74, 6) is 1.16. The summed E-state index contributed by atoms with van der Waals surface area (Å²) in [6, 6.07) is 13.5. The molecular weight excluding hydrogens is 444 g/mol. The largest absolute Gasteiger partial charge is 0.508 e. The molecule has 8 nitrogen and oxygen atoms in total. The lowest BCUT2D eigenvalue weighted by atomic mass is 9.73. The van der Waals surface area contributed by atoms with Crippen LogP contribution in [0, 0.1) is 5.41 Å². The van der Waals surface area contributed by atoms with E-state index in [1.54, 1.807) is 53.2 Å². The van der Waals surface area contributed by atoms with Crippen LogP contribution >= 0.6 is 0 Å². The van der Waals surface area contributed by atoms with Gasteiger partial charge in [0.1, 0.15) is 28.9 Å². The first-order valence-corrected chi connectivity index (χ1v) is 11.7. The highest BCUT2D eigenvalue weighted by atomic mass is 16.5. The molecule has 2 aromatic carbocycles. The number of ether oxygens (including phenoxy) is 1. The molecule has 1 aliphatic heterocycles. The average molecular weight is 473 g/mol. The number of hydrogen-bond donors (Lipinski definition) is 3. The molecule has 5 rings (SSSR count). The number of allylic oxidation sites excluding steroid dienone is 2. The SMILES string of the molecule is CCOc1ccc(NC(=O)c2cnn3c2NC2=C(C(=O)CC(C)(C)C2)[C@@H]3c2ccc(O)cc2)cc1. The number of carbonyl (C=O) groups excluding carboxylic acids is 2. The number of nitrogens with one attached hydrogen (secondary N) is 2. The van der Waals surface area contributed by atoms with Gasteiger partial charge in [-0.05, 0) is 60.7 Å². The number of nitrogens with zero attached hydrogens (tertiary/aromatic N) is 2. The molecule has 3 N–H and O–H groups in total. The van der Waals surface area contributed by atoms with Gasteiger partial charge in [-0.1, -0.05) is 26.0 Å². The number of aromatic nitrogens is 2. The fourth-order valence-electron chi connectivity index (χ4n) is 4.84. The van der Waals surface area contributed by atoms with Crippen LogP contribution in [0.25, 0.3) is 0 Å². The Morgan fingerprint density at radius 2 is 1.89 bits per heavy atom. The van der Waals surface area contributed by atoms with E-state index in [0.717, 1.165) is 17.0 Å². The highest BCUT2D eigenvalue weighted by Gasteiger charge is 2.42. The van der Waals surface area contributed by atoms with Crippen molar-refractivity contribution < 1.29 is 19.4 Å². The highest BCUT2D eigenvalue weighted by molar-refractivity contribution is 6.08. The Hall–Kier alpha value is -4.07. The zero-order valence-electron chi connectivity index (χ0n) is 20.0. The third kappa shape index (κ3) is 4.27. The van der Waals surface area contributed by atoms with Gasteiger partial charge in [0.2, 0.25) is 0 Å². The van der Waals surface area contributed by atoms with Crippen LogP contribution in [0.2, 0.25) is 0 Å². The normalized spacial score (nSPS) is 18.4. The fraction of sp³-hybridized carbons (Fsp3) is 0.296. The second-order valence-electron chi connectivity index (χ2n) is 9.72. The van der Waals surface area contributed by atoms with Crippen LogP contribution in [0.15, 0.2) is 66.0 Å². The molecule has 1 amide bonds. The maximum absolute atomic E-state index is 13.3. The van der Waals surface area contributed by atoms with E-state index in [9.17, 15) is 14.7 Å². The van der Waals surface area contributed by atoms with Crippen LogP contribution in [0.1, 0.15) is 55.6 Å². The van der Waals surface area contributed by atoms with Gasteiger partial charge in [0.25, 0.3) is 5.91 Å². The summed E-state index contributed by atoms with van der Waals surface area (Å²) in [4.78, 5) is 26.5. The van der Waals surface area contributed by atoms with E-state index in [4.69, 9.17) is 4.74 Å². The number of amides is 1. The molecule has 2 aliphatic rings. The number of hydrogen-bond acceptors (Lipinski definition) is 6. The number of anilines is 2. The summed E-state index contributed by atoms with van der Waals surface area (Å²) in [5, 5.41) is 20.6. The van der Waals surface area contributed by atoms with Crippen molar-refractivity contribution >= 4 is 23.2 Å². The van der Waals surface area contributed by atoms with E-state index in [0.29, 0.717) is 42.1 Å². The lowest BCUT2D eigenvalue weighted by Crippen LogP contribution is -2.36. The maximum Gasteiger partial charge on any atom is 0.261 e. The van der Waals surface area contributed by atoms with Gasteiger partial charge >= 0.3 is 0 Å². The van der Waals surface area contributed by atoms with E-state index in [1.165, 1.54) is 6.20 Å². The van der Waals surface area contributed by atoms with Gasteiger partial charge in [0.15, 0.2) is 5.78 Å². The van der Waals surface area contributed by atoms with Crippen molar-refractivity contribution in [2.45, 2.75) is 39.7 Å². The Bertz CT molecular complexity index is 1320. The Morgan fingerprint density at radius 3 is 2.57 bits per heavy atom. The predicted molar refractivity (Wildman–Crippen MR) is 133 cm³/mol. The predicted octanol–water partition coefficient (Wildman–Crippen LogP) is 4.90. The zero-order chi connectivity index (χ0) is 24.7. The molecule has 0 fully saturated rings. The number of rotatable bonds is 5. The Labute approximate surface area is 203 Å². The minimum absolute atomic E-state index is 0.0587. The third-order valence-electron chi connectivity index (χ3n) is 6.38. The summed E-state index contributed by atoms with van der Waals surface area (Å²) >= 11 is 0. The summed E-state index contributed by atoms with van der Waals surface area (Å²) in [7, 11) is 0. The lowest BCUT2D eigenvalue weighted by Gasteiger charge is -2.39. The van der Waals surface area contributed by atoms with Gasteiger partial charge in [0, 0.05) is 23.4 Å². The number of benzene rings is 2. The highest BCUT2D eigenvalue weighted by Crippen LogP contribution is 2.46. The minimum atomic E-state index is -0.488. The zero-order valence-corrected chi connectivity index (χ0v) is 20.0. The molecule has 1 aliphatic carbocycles. The lowest BCUT2D eigenvalue weighted by molar-refractivity contribution is -0.118. The Balaban J connectivity index is 1.52. The standard InChI is InChI=1S/C27H28N4O4/c1-4-35-19-11-7-17(8-12-19)29-26(34)20-15-28-31-24(16-5-9-18(32)10-6-16)23-21(30-25(20)31)13-27(2,3)14-22(23)33/h5-12,15,24,30,32H,4,13-14H2,1-3H3,(H,29,34)/t24-/m0/s1. The number of carbonyl (C=O) groups is 2. The van der Waals surface area contributed by atoms with Crippen LogP contribution < -0.4 is 15.4 Å². The molecule has 0 saturated heterocycles. The number of phenolic OH excluding ortho intramolecular Hbond substituents is 1. The second-order valence-corrected chi connectivity index (χ2v) is 9.72. The number of aromatic hydroxyl groups is 1. The maximum atomic E-state index is 13.3. The van der Waals surface area contributed by atoms with Crippen LogP contribution in [0.4, 0.5) is 11.5 Å². The van der Waals surface area contributed by atoms with Crippen LogP contribution in [0.3, 0.4) is 0 Å². The second kappa shape index (κ2) is 8.61. The van der Waals surface area contributed by atoms with Gasteiger partial charge in [0.05, 0.1) is 12.8 Å². The van der Waals surface area contributed by atoms with Gasteiger partial charge in [-0.25, -0.2) is 4.68 Å². The number of phenols is 1. The molecule has 8 heteroatoms. The Morgan fingerprint density at radius 1 is 1.17 bits per heavy atom. The number of ketones is 1. The van der Waals surface area contributed by atoms with Crippen LogP contribution in [-0.2, 0) is 4.79 Å². The van der Waals surface area contributed by atoms with Gasteiger partial charge < -0.3 is 20.5 Å². The minimum Gasteiger partial charge on any atom is -0.508 e. The van der Waals surface area contributed by atoms with E-state index < -0.39 is 6.04 Å². The van der Waals surface area contributed by atoms with Crippen molar-refractivity contribution in [1.29, 1.82) is 0 Å². The smallest absolute Gasteiger partial charge is 0.261 e. The summed E-state index contributed by atoms with van der Waals surface area (Å²) in [6.07, 6.45) is 2.63. The van der Waals surface area contributed by atoms with Crippen molar-refractivity contribution in [2.75, 3.05) is 17.2 Å². The average Bonchev–Trinajstić information content (AvgIpc) is 3.23. The first-order chi connectivity index (χ1) is 16.8. The molecule has 1 atom stereocenters. The van der Waals surface area contributed by atoms with Crippen molar-refractivity contribution in [1.82, 2.24) is 9.78 Å². The number of fused-ring (bicyclic) bond motifs is 1. The van der Waals surface area contributed by atoms with E-state index in [2.05, 4.69) is 29.6 Å². The topological polar surface area (TPSA) is 105 Å². The molecule has 35 heavy (non-hydrogen) atoms. The molecule has 0 saturated carbocycles. The van der Waals surface area contributed by atoms with Gasteiger partial charge in [-0.3, -0.25) is 9.59 Å². The molecule has 2 heterocycles. The molecule has 0 spiro atoms. The summed E-state index contributed by atoms with van der Waals surface area (Å²) < 4.78 is 7.15. The van der Waals surface area contributed by atoms with Gasteiger partial charge in [-0.2, -0.15) is 5.10 Å². The van der Waals surface area contributed by atoms with Crippen molar-refractivity contribution in [3.8, 4) is 11.5 Å². The van der Waals surface area contributed by atoms with E-state index in [-0.39, 0.29) is 22.9 Å². The molecule has 180 valence electrons. The molecule has 0 radical (unpaired) electrons. The van der Waals surface area contributed by atoms with E-state index in [1.807, 2.05) is 6.92 Å². The van der Waals surface area contributed by atoms with Crippen molar-refractivity contribution in [3.05, 3.63) is 77.1 Å². The monoisotopic (exact) mass is 472 g/mol. The van der Waals surface area contributed by atoms with Crippen molar-refractivity contribution in [2.24, 2.45) is 5.41 Å². The summed E-state index contributed by atoms with van der Waals surface area (Å²) in [5.41, 5.74) is 3.10. The number of Topliss-reactive ketones (excluding diaryl/α,β-unsaturated/α-hetero) is 1. The van der Waals surface area contributed by atoms with E-state index >= 15 is 0 Å². The quantitative estimate of drug-likeness (QED) is 0.488. The van der Waals surface area contributed by atoms with Gasteiger partial charge in [-0.15, -0.1) is 0 Å². The third-order valence-corrected chi connectivity index (χ3v) is 6.38. The fourth-order valence-corrected chi connectivity index (χ4v) is 4.84. The first-order valence-electron chi connectivity index (χ1n) is 11.7. The Kier molecular flexibility index (Phi) is 5.59. The molecule has 1 aromatic heterocycles. The molecule has 0 bridgehead atoms. The molecule has 3 aromatic rings. The molecular formula is C27H28N4O4. The summed E-state index contributed by atoms with van der Waals surface area (Å²) in [6.45, 7) is 6.62. The van der Waals surface area contributed by atoms with Crippen LogP contribution in [-0.4, -0.2) is 33.2 Å².